The van der Waals surface area contributed by atoms with Gasteiger partial charge in [-0.15, -0.1) is 0 Å². The molecule has 0 spiro atoms. The van der Waals surface area contributed by atoms with E-state index in [9.17, 15) is 4.39 Å². The van der Waals surface area contributed by atoms with Crippen molar-refractivity contribution in [3.63, 3.8) is 0 Å². The standard InChI is InChI=1S/C14H18FNO/c15-13-6-7-14(17-10-11-4-5-11)12(9-13)3-1-2-8-16/h1,3,6-7,9,11H,2,4-5,8,10,16H2. The van der Waals surface area contributed by atoms with Crippen LogP contribution in [0.3, 0.4) is 0 Å². The molecule has 0 aliphatic heterocycles. The topological polar surface area (TPSA) is 35.2 Å². The van der Waals surface area contributed by atoms with E-state index in [0.29, 0.717) is 12.5 Å². The maximum absolute atomic E-state index is 13.2. The SMILES string of the molecule is NCCC=Cc1cc(F)ccc1OCC1CC1. The van der Waals surface area contributed by atoms with Gasteiger partial charge in [0, 0.05) is 5.56 Å². The molecule has 1 aromatic rings. The zero-order valence-electron chi connectivity index (χ0n) is 9.86. The summed E-state index contributed by atoms with van der Waals surface area (Å²) in [6.07, 6.45) is 7.11. The van der Waals surface area contributed by atoms with Gasteiger partial charge in [-0.3, -0.25) is 0 Å². The molecule has 0 aromatic heterocycles. The highest BCUT2D eigenvalue weighted by Crippen LogP contribution is 2.30. The normalized spacial score (nSPS) is 15.4. The first-order valence-corrected chi connectivity index (χ1v) is 6.08. The number of hydrogen-bond acceptors (Lipinski definition) is 2. The summed E-state index contributed by atoms with van der Waals surface area (Å²) in [4.78, 5) is 0. The van der Waals surface area contributed by atoms with Crippen LogP contribution in [0, 0.1) is 11.7 Å². The molecule has 1 aliphatic carbocycles. The van der Waals surface area contributed by atoms with E-state index in [1.807, 2.05) is 12.2 Å². The first-order valence-electron chi connectivity index (χ1n) is 6.08. The summed E-state index contributed by atoms with van der Waals surface area (Å²) in [5.74, 6) is 1.21. The molecule has 2 rings (SSSR count). The average molecular weight is 235 g/mol. The van der Waals surface area contributed by atoms with Gasteiger partial charge in [-0.05, 0) is 49.9 Å². The molecule has 0 saturated heterocycles. The summed E-state index contributed by atoms with van der Waals surface area (Å²) in [7, 11) is 0. The lowest BCUT2D eigenvalue weighted by molar-refractivity contribution is 0.298. The number of hydrogen-bond donors (Lipinski definition) is 1. The zero-order chi connectivity index (χ0) is 12.1. The zero-order valence-corrected chi connectivity index (χ0v) is 9.86. The first kappa shape index (κ1) is 12.1. The highest BCUT2D eigenvalue weighted by Gasteiger charge is 2.22. The highest BCUT2D eigenvalue weighted by molar-refractivity contribution is 5.57. The molecule has 2 N–H and O–H groups in total. The Hall–Kier alpha value is -1.35. The van der Waals surface area contributed by atoms with E-state index in [-0.39, 0.29) is 5.82 Å². The van der Waals surface area contributed by atoms with Crippen LogP contribution in [-0.2, 0) is 0 Å². The lowest BCUT2D eigenvalue weighted by Gasteiger charge is -2.08. The fourth-order valence-corrected chi connectivity index (χ4v) is 1.58. The molecular weight excluding hydrogens is 217 g/mol. The van der Waals surface area contributed by atoms with Crippen molar-refractivity contribution in [1.29, 1.82) is 0 Å². The molecular formula is C14H18FNO. The van der Waals surface area contributed by atoms with Crippen molar-refractivity contribution < 1.29 is 9.13 Å². The Morgan fingerprint density at radius 2 is 2.24 bits per heavy atom. The quantitative estimate of drug-likeness (QED) is 0.822. The van der Waals surface area contributed by atoms with Crippen molar-refractivity contribution in [2.45, 2.75) is 19.3 Å². The minimum Gasteiger partial charge on any atom is -0.493 e. The number of benzene rings is 1. The Morgan fingerprint density at radius 1 is 1.41 bits per heavy atom. The summed E-state index contributed by atoms with van der Waals surface area (Å²) in [6.45, 7) is 1.34. The molecule has 1 aliphatic rings. The number of nitrogens with two attached hydrogens (primary N) is 1. The molecule has 92 valence electrons. The molecule has 17 heavy (non-hydrogen) atoms. The van der Waals surface area contributed by atoms with Gasteiger partial charge in [0.25, 0.3) is 0 Å². The van der Waals surface area contributed by atoms with Crippen LogP contribution in [0.5, 0.6) is 5.75 Å². The molecule has 0 amide bonds. The van der Waals surface area contributed by atoms with Crippen LogP contribution in [-0.4, -0.2) is 13.2 Å². The molecule has 0 atom stereocenters. The third-order valence-electron chi connectivity index (χ3n) is 2.77. The van der Waals surface area contributed by atoms with Gasteiger partial charge < -0.3 is 10.5 Å². The smallest absolute Gasteiger partial charge is 0.126 e. The molecule has 0 unspecified atom stereocenters. The van der Waals surface area contributed by atoms with Gasteiger partial charge in [0.05, 0.1) is 6.61 Å². The maximum atomic E-state index is 13.2. The number of rotatable bonds is 6. The minimum absolute atomic E-state index is 0.240. The summed E-state index contributed by atoms with van der Waals surface area (Å²) >= 11 is 0. The van der Waals surface area contributed by atoms with Crippen molar-refractivity contribution in [2.75, 3.05) is 13.2 Å². The van der Waals surface area contributed by atoms with E-state index in [2.05, 4.69) is 0 Å². The minimum atomic E-state index is -0.240. The molecule has 0 heterocycles. The third-order valence-corrected chi connectivity index (χ3v) is 2.77. The second kappa shape index (κ2) is 5.82. The molecule has 3 heteroatoms. The van der Waals surface area contributed by atoms with Crippen LogP contribution in [0.15, 0.2) is 24.3 Å². The largest absolute Gasteiger partial charge is 0.493 e. The van der Waals surface area contributed by atoms with Crippen LogP contribution in [0.4, 0.5) is 4.39 Å². The lowest BCUT2D eigenvalue weighted by atomic mass is 10.1. The van der Waals surface area contributed by atoms with E-state index in [1.165, 1.54) is 25.0 Å². The van der Waals surface area contributed by atoms with Gasteiger partial charge in [-0.25, -0.2) is 4.39 Å². The second-order valence-corrected chi connectivity index (χ2v) is 4.42. The van der Waals surface area contributed by atoms with Crippen molar-refractivity contribution in [3.05, 3.63) is 35.7 Å². The van der Waals surface area contributed by atoms with Crippen LogP contribution >= 0.6 is 0 Å². The maximum Gasteiger partial charge on any atom is 0.126 e. The molecule has 0 radical (unpaired) electrons. The lowest BCUT2D eigenvalue weighted by Crippen LogP contribution is -2.00. The average Bonchev–Trinajstić information content (AvgIpc) is 3.12. The molecule has 1 saturated carbocycles. The van der Waals surface area contributed by atoms with E-state index >= 15 is 0 Å². The van der Waals surface area contributed by atoms with E-state index in [1.54, 1.807) is 6.07 Å². The predicted molar refractivity (Wildman–Crippen MR) is 67.3 cm³/mol. The highest BCUT2D eigenvalue weighted by atomic mass is 19.1. The van der Waals surface area contributed by atoms with Crippen LogP contribution in [0.1, 0.15) is 24.8 Å². The van der Waals surface area contributed by atoms with Crippen LogP contribution in [0.2, 0.25) is 0 Å². The fraction of sp³-hybridized carbons (Fsp3) is 0.429. The molecule has 1 aromatic carbocycles. The molecule has 0 bridgehead atoms. The van der Waals surface area contributed by atoms with Crippen molar-refractivity contribution in [1.82, 2.24) is 0 Å². The first-order chi connectivity index (χ1) is 8.29. The Bertz CT molecular complexity index is 399. The fourth-order valence-electron chi connectivity index (χ4n) is 1.58. The summed E-state index contributed by atoms with van der Waals surface area (Å²) < 4.78 is 18.9. The van der Waals surface area contributed by atoms with Gasteiger partial charge in [0.2, 0.25) is 0 Å². The Kier molecular flexibility index (Phi) is 4.15. The Labute approximate surface area is 101 Å². The van der Waals surface area contributed by atoms with Crippen LogP contribution in [0.25, 0.3) is 6.08 Å². The monoisotopic (exact) mass is 235 g/mol. The van der Waals surface area contributed by atoms with Gasteiger partial charge in [-0.2, -0.15) is 0 Å². The Balaban J connectivity index is 2.05. The second-order valence-electron chi connectivity index (χ2n) is 4.42. The van der Waals surface area contributed by atoms with Crippen molar-refractivity contribution in [3.8, 4) is 5.75 Å². The summed E-state index contributed by atoms with van der Waals surface area (Å²) in [5.41, 5.74) is 6.20. The van der Waals surface area contributed by atoms with E-state index < -0.39 is 0 Å². The number of halogens is 1. The van der Waals surface area contributed by atoms with Gasteiger partial charge in [-0.1, -0.05) is 12.2 Å². The summed E-state index contributed by atoms with van der Waals surface area (Å²) in [6, 6.07) is 4.62. The Morgan fingerprint density at radius 3 is 2.94 bits per heavy atom. The van der Waals surface area contributed by atoms with E-state index in [4.69, 9.17) is 10.5 Å². The van der Waals surface area contributed by atoms with Gasteiger partial charge >= 0.3 is 0 Å². The van der Waals surface area contributed by atoms with E-state index in [0.717, 1.165) is 24.3 Å². The van der Waals surface area contributed by atoms with Crippen molar-refractivity contribution >= 4 is 6.08 Å². The molecule has 2 nitrogen and oxygen atoms in total. The van der Waals surface area contributed by atoms with Crippen LogP contribution < -0.4 is 10.5 Å². The van der Waals surface area contributed by atoms with Gasteiger partial charge in [0.1, 0.15) is 11.6 Å². The third kappa shape index (κ3) is 3.86. The summed E-state index contributed by atoms with van der Waals surface area (Å²) in [5, 5.41) is 0. The van der Waals surface area contributed by atoms with Gasteiger partial charge in [0.15, 0.2) is 0 Å². The predicted octanol–water partition coefficient (Wildman–Crippen LogP) is 2.98. The molecule has 1 fully saturated rings. The van der Waals surface area contributed by atoms with Crippen molar-refractivity contribution in [2.24, 2.45) is 11.7 Å². The number of ether oxygens (including phenoxy) is 1.